The second kappa shape index (κ2) is 8.40. The SMILES string of the molecule is C#CCN(CC(=O)O)C(=O)NCCc1ccc(Cl)cc1Cl. The summed E-state index contributed by atoms with van der Waals surface area (Å²) in [5, 5.41) is 12.4. The number of aliphatic carboxylic acids is 1. The van der Waals surface area contributed by atoms with E-state index in [-0.39, 0.29) is 6.54 Å². The Kier molecular flexibility index (Phi) is 6.86. The lowest BCUT2D eigenvalue weighted by molar-refractivity contribution is -0.137. The van der Waals surface area contributed by atoms with Gasteiger partial charge in [-0.1, -0.05) is 35.2 Å². The molecule has 0 unspecified atom stereocenters. The number of nitrogens with zero attached hydrogens (tertiary/aromatic N) is 1. The molecule has 0 aliphatic heterocycles. The van der Waals surface area contributed by atoms with Gasteiger partial charge in [-0.25, -0.2) is 4.79 Å². The first-order valence-electron chi connectivity index (χ1n) is 6.06. The second-order valence-electron chi connectivity index (χ2n) is 4.17. The molecule has 0 aliphatic rings. The van der Waals surface area contributed by atoms with Gasteiger partial charge in [-0.2, -0.15) is 0 Å². The zero-order chi connectivity index (χ0) is 15.8. The molecule has 5 nitrogen and oxygen atoms in total. The molecule has 1 rings (SSSR count). The van der Waals surface area contributed by atoms with E-state index in [0.717, 1.165) is 10.5 Å². The highest BCUT2D eigenvalue weighted by Gasteiger charge is 2.15. The summed E-state index contributed by atoms with van der Waals surface area (Å²) in [5.41, 5.74) is 0.836. The quantitative estimate of drug-likeness (QED) is 0.787. The predicted octanol–water partition coefficient (Wildman–Crippen LogP) is 2.27. The van der Waals surface area contributed by atoms with Crippen molar-refractivity contribution in [2.75, 3.05) is 19.6 Å². The average molecular weight is 329 g/mol. The number of carbonyl (C=O) groups is 2. The fourth-order valence-electron chi connectivity index (χ4n) is 1.61. The summed E-state index contributed by atoms with van der Waals surface area (Å²) in [4.78, 5) is 23.5. The molecular weight excluding hydrogens is 315 g/mol. The van der Waals surface area contributed by atoms with Gasteiger partial charge in [0.2, 0.25) is 0 Å². The summed E-state index contributed by atoms with van der Waals surface area (Å²) in [6.45, 7) is -0.210. The topological polar surface area (TPSA) is 69.6 Å². The maximum absolute atomic E-state index is 11.8. The molecule has 0 radical (unpaired) electrons. The molecule has 2 N–H and O–H groups in total. The van der Waals surface area contributed by atoms with E-state index in [0.29, 0.717) is 23.0 Å². The predicted molar refractivity (Wildman–Crippen MR) is 81.6 cm³/mol. The summed E-state index contributed by atoms with van der Waals surface area (Å²) in [6.07, 6.45) is 5.60. The minimum absolute atomic E-state index is 0.0696. The fourth-order valence-corrected chi connectivity index (χ4v) is 2.12. The molecule has 21 heavy (non-hydrogen) atoms. The van der Waals surface area contributed by atoms with Crippen LogP contribution < -0.4 is 5.32 Å². The van der Waals surface area contributed by atoms with Crippen LogP contribution in [0.15, 0.2) is 18.2 Å². The Morgan fingerprint density at radius 1 is 1.38 bits per heavy atom. The Bertz CT molecular complexity index is 570. The Morgan fingerprint density at radius 3 is 2.67 bits per heavy atom. The first-order chi connectivity index (χ1) is 9.93. The van der Waals surface area contributed by atoms with Crippen molar-refractivity contribution >= 4 is 35.2 Å². The van der Waals surface area contributed by atoms with Crippen molar-refractivity contribution in [1.82, 2.24) is 10.2 Å². The molecule has 7 heteroatoms. The van der Waals surface area contributed by atoms with Crippen LogP contribution in [-0.2, 0) is 11.2 Å². The molecule has 0 atom stereocenters. The van der Waals surface area contributed by atoms with Crippen molar-refractivity contribution in [2.24, 2.45) is 0 Å². The van der Waals surface area contributed by atoms with E-state index < -0.39 is 18.5 Å². The van der Waals surface area contributed by atoms with E-state index in [4.69, 9.17) is 34.7 Å². The van der Waals surface area contributed by atoms with Crippen LogP contribution in [0.5, 0.6) is 0 Å². The van der Waals surface area contributed by atoms with E-state index >= 15 is 0 Å². The van der Waals surface area contributed by atoms with Gasteiger partial charge in [0.1, 0.15) is 6.54 Å². The van der Waals surface area contributed by atoms with Crippen molar-refractivity contribution in [3.63, 3.8) is 0 Å². The van der Waals surface area contributed by atoms with E-state index in [1.54, 1.807) is 18.2 Å². The van der Waals surface area contributed by atoms with Crippen molar-refractivity contribution in [3.05, 3.63) is 33.8 Å². The normalized spacial score (nSPS) is 9.76. The molecular formula is C14H14Cl2N2O3. The van der Waals surface area contributed by atoms with Crippen LogP contribution >= 0.6 is 23.2 Å². The summed E-state index contributed by atoms with van der Waals surface area (Å²) in [6, 6.07) is 4.57. The summed E-state index contributed by atoms with van der Waals surface area (Å²) >= 11 is 11.8. The number of carboxylic acid groups (broad SMARTS) is 1. The Morgan fingerprint density at radius 2 is 2.10 bits per heavy atom. The van der Waals surface area contributed by atoms with Gasteiger partial charge in [-0.3, -0.25) is 4.79 Å². The van der Waals surface area contributed by atoms with Crippen molar-refractivity contribution in [3.8, 4) is 12.3 Å². The molecule has 112 valence electrons. The van der Waals surface area contributed by atoms with Crippen LogP contribution in [0.1, 0.15) is 5.56 Å². The van der Waals surface area contributed by atoms with Gasteiger partial charge >= 0.3 is 12.0 Å². The Labute approximate surface area is 132 Å². The highest BCUT2D eigenvalue weighted by Crippen LogP contribution is 2.20. The zero-order valence-corrected chi connectivity index (χ0v) is 12.6. The van der Waals surface area contributed by atoms with Gasteiger partial charge in [-0.15, -0.1) is 6.42 Å². The minimum Gasteiger partial charge on any atom is -0.480 e. The van der Waals surface area contributed by atoms with Crippen LogP contribution in [0.3, 0.4) is 0 Å². The van der Waals surface area contributed by atoms with Gasteiger partial charge in [0, 0.05) is 16.6 Å². The molecule has 1 aromatic rings. The number of hydrogen-bond donors (Lipinski definition) is 2. The molecule has 0 spiro atoms. The summed E-state index contributed by atoms with van der Waals surface area (Å²) < 4.78 is 0. The van der Waals surface area contributed by atoms with Crippen LogP contribution in [0.25, 0.3) is 0 Å². The Hall–Kier alpha value is -1.90. The van der Waals surface area contributed by atoms with Crippen molar-refractivity contribution in [1.29, 1.82) is 0 Å². The monoisotopic (exact) mass is 328 g/mol. The second-order valence-corrected chi connectivity index (χ2v) is 5.02. The number of rotatable bonds is 6. The fraction of sp³-hybridized carbons (Fsp3) is 0.286. The lowest BCUT2D eigenvalue weighted by Gasteiger charge is -2.18. The number of benzene rings is 1. The minimum atomic E-state index is -1.12. The first kappa shape index (κ1) is 17.2. The maximum atomic E-state index is 11.8. The van der Waals surface area contributed by atoms with Crippen molar-refractivity contribution in [2.45, 2.75) is 6.42 Å². The number of urea groups is 1. The summed E-state index contributed by atoms with van der Waals surface area (Å²) in [7, 11) is 0. The lowest BCUT2D eigenvalue weighted by atomic mass is 10.1. The third-order valence-electron chi connectivity index (χ3n) is 2.58. The molecule has 0 saturated heterocycles. The van der Waals surface area contributed by atoms with Gasteiger partial charge in [0.25, 0.3) is 0 Å². The molecule has 2 amide bonds. The lowest BCUT2D eigenvalue weighted by Crippen LogP contribution is -2.43. The van der Waals surface area contributed by atoms with E-state index in [1.807, 2.05) is 0 Å². The molecule has 0 heterocycles. The highest BCUT2D eigenvalue weighted by atomic mass is 35.5. The van der Waals surface area contributed by atoms with Gasteiger partial charge in [0.15, 0.2) is 0 Å². The van der Waals surface area contributed by atoms with Crippen LogP contribution in [0.2, 0.25) is 10.0 Å². The van der Waals surface area contributed by atoms with Crippen LogP contribution in [0.4, 0.5) is 4.79 Å². The average Bonchev–Trinajstić information content (AvgIpc) is 2.40. The summed E-state index contributed by atoms with van der Waals surface area (Å²) in [5.74, 6) is 1.12. The number of carboxylic acids is 1. The number of nitrogens with one attached hydrogen (secondary N) is 1. The largest absolute Gasteiger partial charge is 0.480 e. The Balaban J connectivity index is 2.51. The highest BCUT2D eigenvalue weighted by molar-refractivity contribution is 6.35. The van der Waals surface area contributed by atoms with Crippen LogP contribution in [-0.4, -0.2) is 41.6 Å². The molecule has 0 bridgehead atoms. The third kappa shape index (κ3) is 5.94. The van der Waals surface area contributed by atoms with E-state index in [1.165, 1.54) is 0 Å². The number of carbonyl (C=O) groups excluding carboxylic acids is 1. The number of terminal acetylenes is 1. The molecule has 0 aliphatic carbocycles. The van der Waals surface area contributed by atoms with Crippen molar-refractivity contribution < 1.29 is 14.7 Å². The molecule has 1 aromatic carbocycles. The van der Waals surface area contributed by atoms with Gasteiger partial charge < -0.3 is 15.3 Å². The van der Waals surface area contributed by atoms with E-state index in [9.17, 15) is 9.59 Å². The van der Waals surface area contributed by atoms with Gasteiger partial charge in [-0.05, 0) is 24.1 Å². The standard InChI is InChI=1S/C14H14Cl2N2O3/c1-2-7-18(9-13(19)20)14(21)17-6-5-10-3-4-11(15)8-12(10)16/h1,3-4,8H,5-7,9H2,(H,17,21)(H,19,20). The smallest absolute Gasteiger partial charge is 0.323 e. The maximum Gasteiger partial charge on any atom is 0.323 e. The first-order valence-corrected chi connectivity index (χ1v) is 6.81. The van der Waals surface area contributed by atoms with Gasteiger partial charge in [0.05, 0.1) is 6.54 Å². The number of halogens is 2. The molecule has 0 saturated carbocycles. The van der Waals surface area contributed by atoms with Crippen LogP contribution in [0, 0.1) is 12.3 Å². The molecule has 0 aromatic heterocycles. The molecule has 0 fully saturated rings. The number of hydrogen-bond acceptors (Lipinski definition) is 2. The third-order valence-corrected chi connectivity index (χ3v) is 3.17. The van der Waals surface area contributed by atoms with E-state index in [2.05, 4.69) is 11.2 Å². The zero-order valence-electron chi connectivity index (χ0n) is 11.1. The number of amides is 2.